The van der Waals surface area contributed by atoms with E-state index in [4.69, 9.17) is 0 Å². The van der Waals surface area contributed by atoms with Crippen molar-refractivity contribution in [3.63, 3.8) is 0 Å². The van der Waals surface area contributed by atoms with Crippen LogP contribution in [-0.2, 0) is 4.79 Å². The lowest BCUT2D eigenvalue weighted by atomic mass is 10.2. The lowest BCUT2D eigenvalue weighted by Gasteiger charge is -2.34. The van der Waals surface area contributed by atoms with Gasteiger partial charge in [-0.2, -0.15) is 0 Å². The van der Waals surface area contributed by atoms with Gasteiger partial charge in [0.2, 0.25) is 5.91 Å². The fourth-order valence-corrected chi connectivity index (χ4v) is 2.87. The number of benzene rings is 2. The molecule has 2 aromatic carbocycles. The molecular weight excluding hydrogens is 359 g/mol. The van der Waals surface area contributed by atoms with Crippen LogP contribution in [0.1, 0.15) is 10.4 Å². The fourth-order valence-electron chi connectivity index (χ4n) is 2.87. The highest BCUT2D eigenvalue weighted by Crippen LogP contribution is 2.15. The third-order valence-corrected chi connectivity index (χ3v) is 4.32. The molecule has 27 heavy (non-hydrogen) atoms. The summed E-state index contributed by atoms with van der Waals surface area (Å²) >= 11 is 0. The zero-order valence-electron chi connectivity index (χ0n) is 14.4. The first-order chi connectivity index (χ1) is 12.9. The molecule has 8 heteroatoms. The number of nitrogens with one attached hydrogen (secondary N) is 1. The van der Waals surface area contributed by atoms with Gasteiger partial charge in [-0.3, -0.25) is 14.5 Å². The molecular formula is C19H18F3N3O2. The maximum absolute atomic E-state index is 13.6. The summed E-state index contributed by atoms with van der Waals surface area (Å²) in [5.41, 5.74) is 0.203. The average Bonchev–Trinajstić information content (AvgIpc) is 2.65. The molecule has 0 radical (unpaired) electrons. The molecule has 1 aliphatic heterocycles. The Morgan fingerprint density at radius 2 is 1.52 bits per heavy atom. The maximum atomic E-state index is 13.6. The second-order valence-corrected chi connectivity index (χ2v) is 6.25. The monoisotopic (exact) mass is 377 g/mol. The van der Waals surface area contributed by atoms with Gasteiger partial charge in [-0.25, -0.2) is 13.2 Å². The zero-order valence-corrected chi connectivity index (χ0v) is 14.4. The summed E-state index contributed by atoms with van der Waals surface area (Å²) in [6, 6.07) is 8.19. The Kier molecular flexibility index (Phi) is 5.75. The molecule has 142 valence electrons. The molecule has 2 amide bonds. The van der Waals surface area contributed by atoms with Gasteiger partial charge in [0.1, 0.15) is 17.5 Å². The summed E-state index contributed by atoms with van der Waals surface area (Å²) in [4.78, 5) is 27.9. The lowest BCUT2D eigenvalue weighted by molar-refractivity contribution is -0.117. The van der Waals surface area contributed by atoms with Crippen LogP contribution >= 0.6 is 0 Å². The van der Waals surface area contributed by atoms with E-state index in [-0.39, 0.29) is 18.1 Å². The van der Waals surface area contributed by atoms with Gasteiger partial charge in [0, 0.05) is 37.8 Å². The topological polar surface area (TPSA) is 52.7 Å². The third kappa shape index (κ3) is 4.85. The Morgan fingerprint density at radius 1 is 0.889 bits per heavy atom. The first-order valence-corrected chi connectivity index (χ1v) is 8.44. The molecule has 0 bridgehead atoms. The molecule has 0 saturated carbocycles. The zero-order chi connectivity index (χ0) is 19.4. The minimum atomic E-state index is -0.709. The highest BCUT2D eigenvalue weighted by Gasteiger charge is 2.23. The predicted octanol–water partition coefficient (Wildman–Crippen LogP) is 2.50. The molecule has 1 saturated heterocycles. The van der Waals surface area contributed by atoms with Crippen molar-refractivity contribution in [1.82, 2.24) is 9.80 Å². The highest BCUT2D eigenvalue weighted by atomic mass is 19.1. The predicted molar refractivity (Wildman–Crippen MR) is 93.7 cm³/mol. The largest absolute Gasteiger partial charge is 0.336 e. The number of carbonyl (C=O) groups is 2. The highest BCUT2D eigenvalue weighted by molar-refractivity contribution is 5.94. The molecule has 1 heterocycles. The average molecular weight is 377 g/mol. The van der Waals surface area contributed by atoms with Crippen molar-refractivity contribution in [2.24, 2.45) is 0 Å². The van der Waals surface area contributed by atoms with Crippen LogP contribution in [0.3, 0.4) is 0 Å². The summed E-state index contributed by atoms with van der Waals surface area (Å²) in [6.07, 6.45) is 0. The smallest absolute Gasteiger partial charge is 0.253 e. The van der Waals surface area contributed by atoms with Crippen LogP contribution in [0.2, 0.25) is 0 Å². The van der Waals surface area contributed by atoms with E-state index in [1.807, 2.05) is 4.90 Å². The van der Waals surface area contributed by atoms with Crippen LogP contribution in [0.15, 0.2) is 42.5 Å². The van der Waals surface area contributed by atoms with Crippen LogP contribution in [0.25, 0.3) is 0 Å². The van der Waals surface area contributed by atoms with Crippen molar-refractivity contribution in [2.75, 3.05) is 38.0 Å². The molecule has 0 unspecified atom stereocenters. The lowest BCUT2D eigenvalue weighted by Crippen LogP contribution is -2.50. The van der Waals surface area contributed by atoms with E-state index >= 15 is 0 Å². The van der Waals surface area contributed by atoms with Crippen LogP contribution in [0, 0.1) is 17.5 Å². The van der Waals surface area contributed by atoms with E-state index in [1.54, 1.807) is 4.90 Å². The van der Waals surface area contributed by atoms with Gasteiger partial charge in [-0.15, -0.1) is 0 Å². The number of anilines is 1. The van der Waals surface area contributed by atoms with Gasteiger partial charge < -0.3 is 10.2 Å². The SMILES string of the molecule is O=C(CN1CCN(C(=O)c2ccc(F)cc2)CC1)Nc1cc(F)ccc1F. The maximum Gasteiger partial charge on any atom is 0.253 e. The summed E-state index contributed by atoms with van der Waals surface area (Å²) in [5.74, 6) is -2.41. The molecule has 0 aromatic heterocycles. The molecule has 1 aliphatic rings. The second-order valence-electron chi connectivity index (χ2n) is 6.25. The number of rotatable bonds is 4. The van der Waals surface area contributed by atoms with Gasteiger partial charge in [0.15, 0.2) is 0 Å². The van der Waals surface area contributed by atoms with Crippen LogP contribution < -0.4 is 5.32 Å². The first-order valence-electron chi connectivity index (χ1n) is 8.44. The number of hydrogen-bond donors (Lipinski definition) is 1. The number of piperazine rings is 1. The van der Waals surface area contributed by atoms with Crippen molar-refractivity contribution in [3.05, 3.63) is 65.5 Å². The van der Waals surface area contributed by atoms with Crippen LogP contribution in [0.5, 0.6) is 0 Å². The number of carbonyl (C=O) groups excluding carboxylic acids is 2. The van der Waals surface area contributed by atoms with Crippen LogP contribution in [-0.4, -0.2) is 54.3 Å². The third-order valence-electron chi connectivity index (χ3n) is 4.32. The van der Waals surface area contributed by atoms with Gasteiger partial charge in [-0.05, 0) is 36.4 Å². The summed E-state index contributed by atoms with van der Waals surface area (Å²) in [6.45, 7) is 1.77. The first kappa shape index (κ1) is 18.9. The van der Waals surface area contributed by atoms with Gasteiger partial charge in [0.25, 0.3) is 5.91 Å². The Hall–Kier alpha value is -2.87. The fraction of sp³-hybridized carbons (Fsp3) is 0.263. The molecule has 1 N–H and O–H groups in total. The number of nitrogens with zero attached hydrogens (tertiary/aromatic N) is 2. The van der Waals surface area contributed by atoms with E-state index in [0.29, 0.717) is 31.7 Å². The van der Waals surface area contributed by atoms with Crippen molar-refractivity contribution in [2.45, 2.75) is 0 Å². The normalized spacial score (nSPS) is 14.9. The van der Waals surface area contributed by atoms with E-state index in [1.165, 1.54) is 24.3 Å². The Bertz CT molecular complexity index is 835. The Labute approximate surface area is 154 Å². The van der Waals surface area contributed by atoms with E-state index in [2.05, 4.69) is 5.32 Å². The molecule has 1 fully saturated rings. The summed E-state index contributed by atoms with van der Waals surface area (Å²) in [7, 11) is 0. The molecule has 0 spiro atoms. The summed E-state index contributed by atoms with van der Waals surface area (Å²) in [5, 5.41) is 2.35. The van der Waals surface area contributed by atoms with E-state index in [9.17, 15) is 22.8 Å². The van der Waals surface area contributed by atoms with Gasteiger partial charge in [0.05, 0.1) is 12.2 Å². The van der Waals surface area contributed by atoms with Crippen molar-refractivity contribution >= 4 is 17.5 Å². The molecule has 0 aliphatic carbocycles. The van der Waals surface area contributed by atoms with Crippen LogP contribution in [0.4, 0.5) is 18.9 Å². The minimum Gasteiger partial charge on any atom is -0.336 e. The summed E-state index contributed by atoms with van der Waals surface area (Å²) < 4.78 is 39.7. The standard InChI is InChI=1S/C19H18F3N3O2/c20-14-3-1-13(2-4-14)19(27)25-9-7-24(8-10-25)12-18(26)23-17-11-15(21)5-6-16(17)22/h1-6,11H,7-10,12H2,(H,23,26). The van der Waals surface area contributed by atoms with Crippen molar-refractivity contribution < 1.29 is 22.8 Å². The molecule has 2 aromatic rings. The van der Waals surface area contributed by atoms with E-state index < -0.39 is 23.4 Å². The van der Waals surface area contributed by atoms with E-state index in [0.717, 1.165) is 18.2 Å². The number of halogens is 3. The minimum absolute atomic E-state index is 0.00846. The quantitative estimate of drug-likeness (QED) is 0.891. The Balaban J connectivity index is 1.50. The second kappa shape index (κ2) is 8.22. The molecule has 5 nitrogen and oxygen atoms in total. The molecule has 3 rings (SSSR count). The molecule has 0 atom stereocenters. The van der Waals surface area contributed by atoms with Crippen molar-refractivity contribution in [3.8, 4) is 0 Å². The van der Waals surface area contributed by atoms with Gasteiger partial charge >= 0.3 is 0 Å². The number of amides is 2. The Morgan fingerprint density at radius 3 is 2.19 bits per heavy atom. The van der Waals surface area contributed by atoms with Crippen molar-refractivity contribution in [1.29, 1.82) is 0 Å². The number of hydrogen-bond acceptors (Lipinski definition) is 3. The van der Waals surface area contributed by atoms with Gasteiger partial charge in [-0.1, -0.05) is 0 Å².